The van der Waals surface area contributed by atoms with Crippen LogP contribution in [0.3, 0.4) is 0 Å². The lowest BCUT2D eigenvalue weighted by molar-refractivity contribution is -0.136. The van der Waals surface area contributed by atoms with Gasteiger partial charge in [0.1, 0.15) is 5.75 Å². The molecule has 0 aliphatic rings. The minimum absolute atomic E-state index is 0.108. The number of nitrogens with zero attached hydrogens (tertiary/aromatic N) is 1. The maximum Gasteiger partial charge on any atom is 0.303 e. The number of carboxylic acid groups (broad SMARTS) is 1. The number of benzene rings is 2. The SMILES string of the molecule is COc1ccc(-c2ccc(CCC(=O)O)n2-c2cc(C)cc(C)c2)cc1. The Morgan fingerprint density at radius 2 is 1.65 bits per heavy atom. The molecule has 0 fully saturated rings. The molecule has 0 saturated carbocycles. The van der Waals surface area contributed by atoms with Crippen molar-refractivity contribution in [3.63, 3.8) is 0 Å². The normalized spacial score (nSPS) is 10.7. The summed E-state index contributed by atoms with van der Waals surface area (Å²) in [6.07, 6.45) is 0.593. The van der Waals surface area contributed by atoms with E-state index in [-0.39, 0.29) is 6.42 Å². The smallest absolute Gasteiger partial charge is 0.303 e. The summed E-state index contributed by atoms with van der Waals surface area (Å²) in [4.78, 5) is 11.1. The Morgan fingerprint density at radius 3 is 2.23 bits per heavy atom. The second-order valence-corrected chi connectivity index (χ2v) is 6.51. The van der Waals surface area contributed by atoms with Crippen molar-refractivity contribution in [3.05, 3.63) is 71.4 Å². The molecule has 4 heteroatoms. The Balaban J connectivity index is 2.13. The maximum absolute atomic E-state index is 11.1. The van der Waals surface area contributed by atoms with Gasteiger partial charge in [-0.25, -0.2) is 0 Å². The van der Waals surface area contributed by atoms with Crippen LogP contribution in [0, 0.1) is 13.8 Å². The van der Waals surface area contributed by atoms with Crippen molar-refractivity contribution in [1.29, 1.82) is 0 Å². The van der Waals surface area contributed by atoms with Gasteiger partial charge in [-0.1, -0.05) is 6.07 Å². The molecule has 1 aromatic heterocycles. The standard InChI is InChI=1S/C22H23NO3/c1-15-12-16(2)14-19(13-15)23-18(7-11-22(24)25)6-10-21(23)17-4-8-20(26-3)9-5-17/h4-6,8-10,12-14H,7,11H2,1-3H3,(H,24,25). The summed E-state index contributed by atoms with van der Waals surface area (Å²) in [5.74, 6) is 0.0218. The number of carboxylic acids is 1. The number of rotatable bonds is 6. The van der Waals surface area contributed by atoms with Gasteiger partial charge in [0, 0.05) is 11.4 Å². The van der Waals surface area contributed by atoms with Crippen LogP contribution in [0.4, 0.5) is 0 Å². The molecule has 0 saturated heterocycles. The molecule has 1 N–H and O–H groups in total. The van der Waals surface area contributed by atoms with Crippen molar-refractivity contribution in [1.82, 2.24) is 4.57 Å². The van der Waals surface area contributed by atoms with Gasteiger partial charge in [-0.05, 0) is 85.5 Å². The Kier molecular flexibility index (Phi) is 5.12. The van der Waals surface area contributed by atoms with Crippen LogP contribution in [-0.2, 0) is 11.2 Å². The van der Waals surface area contributed by atoms with E-state index in [9.17, 15) is 4.79 Å². The van der Waals surface area contributed by atoms with Gasteiger partial charge in [-0.15, -0.1) is 0 Å². The highest BCUT2D eigenvalue weighted by Crippen LogP contribution is 2.29. The summed E-state index contributed by atoms with van der Waals surface area (Å²) in [6, 6.07) is 18.4. The average Bonchev–Trinajstić information content (AvgIpc) is 3.03. The van der Waals surface area contributed by atoms with Gasteiger partial charge in [0.2, 0.25) is 0 Å². The number of aliphatic carboxylic acids is 1. The molecule has 26 heavy (non-hydrogen) atoms. The summed E-state index contributed by atoms with van der Waals surface area (Å²) in [5.41, 5.74) is 6.50. The first-order chi connectivity index (χ1) is 12.5. The second-order valence-electron chi connectivity index (χ2n) is 6.51. The number of carbonyl (C=O) groups is 1. The minimum atomic E-state index is -0.788. The molecule has 0 radical (unpaired) electrons. The first-order valence-corrected chi connectivity index (χ1v) is 8.63. The van der Waals surface area contributed by atoms with Crippen LogP contribution in [-0.4, -0.2) is 22.8 Å². The van der Waals surface area contributed by atoms with Crippen molar-refractivity contribution in [2.75, 3.05) is 7.11 Å². The molecular weight excluding hydrogens is 326 g/mol. The monoisotopic (exact) mass is 349 g/mol. The van der Waals surface area contributed by atoms with E-state index < -0.39 is 5.97 Å². The molecule has 0 aliphatic carbocycles. The Morgan fingerprint density at radius 1 is 1.00 bits per heavy atom. The van der Waals surface area contributed by atoms with Crippen molar-refractivity contribution < 1.29 is 14.6 Å². The van der Waals surface area contributed by atoms with Crippen LogP contribution in [0.1, 0.15) is 23.2 Å². The molecule has 1 heterocycles. The van der Waals surface area contributed by atoms with Gasteiger partial charge in [0.15, 0.2) is 0 Å². The van der Waals surface area contributed by atoms with Gasteiger partial charge >= 0.3 is 5.97 Å². The lowest BCUT2D eigenvalue weighted by Gasteiger charge is -2.15. The van der Waals surface area contributed by atoms with Crippen molar-refractivity contribution in [3.8, 4) is 22.7 Å². The van der Waals surface area contributed by atoms with E-state index in [0.717, 1.165) is 28.4 Å². The zero-order valence-corrected chi connectivity index (χ0v) is 15.3. The van der Waals surface area contributed by atoms with Crippen LogP contribution in [0.2, 0.25) is 0 Å². The molecular formula is C22H23NO3. The number of hydrogen-bond acceptors (Lipinski definition) is 2. The third kappa shape index (κ3) is 3.80. The summed E-state index contributed by atoms with van der Waals surface area (Å²) >= 11 is 0. The fourth-order valence-electron chi connectivity index (χ4n) is 3.28. The molecule has 0 aliphatic heterocycles. The number of ether oxygens (including phenoxy) is 1. The molecule has 0 unspecified atom stereocenters. The molecule has 2 aromatic carbocycles. The van der Waals surface area contributed by atoms with Crippen molar-refractivity contribution in [2.24, 2.45) is 0 Å². The van der Waals surface area contributed by atoms with E-state index in [1.54, 1.807) is 7.11 Å². The van der Waals surface area contributed by atoms with Crippen LogP contribution >= 0.6 is 0 Å². The highest BCUT2D eigenvalue weighted by atomic mass is 16.5. The number of aryl methyl sites for hydroxylation is 3. The van der Waals surface area contributed by atoms with E-state index >= 15 is 0 Å². The predicted octanol–water partition coefficient (Wildman–Crippen LogP) is 4.79. The first-order valence-electron chi connectivity index (χ1n) is 8.63. The topological polar surface area (TPSA) is 51.5 Å². The quantitative estimate of drug-likeness (QED) is 0.696. The predicted molar refractivity (Wildman–Crippen MR) is 103 cm³/mol. The Hall–Kier alpha value is -3.01. The van der Waals surface area contributed by atoms with Gasteiger partial charge in [-0.2, -0.15) is 0 Å². The highest BCUT2D eigenvalue weighted by Gasteiger charge is 2.14. The number of aromatic nitrogens is 1. The first kappa shape index (κ1) is 17.8. The van der Waals surface area contributed by atoms with E-state index in [2.05, 4.69) is 42.7 Å². The average molecular weight is 349 g/mol. The summed E-state index contributed by atoms with van der Waals surface area (Å²) in [6.45, 7) is 4.15. The van der Waals surface area contributed by atoms with E-state index in [0.29, 0.717) is 6.42 Å². The maximum atomic E-state index is 11.1. The van der Waals surface area contributed by atoms with Crippen LogP contribution in [0.15, 0.2) is 54.6 Å². The summed E-state index contributed by atoms with van der Waals surface area (Å²) in [5, 5.41) is 9.08. The Labute approximate surface area is 153 Å². The van der Waals surface area contributed by atoms with E-state index in [1.165, 1.54) is 11.1 Å². The lowest BCUT2D eigenvalue weighted by atomic mass is 10.1. The van der Waals surface area contributed by atoms with E-state index in [1.807, 2.05) is 30.3 Å². The summed E-state index contributed by atoms with van der Waals surface area (Å²) in [7, 11) is 1.65. The zero-order chi connectivity index (χ0) is 18.7. The molecule has 0 spiro atoms. The van der Waals surface area contributed by atoms with Crippen LogP contribution in [0.5, 0.6) is 5.75 Å². The third-order valence-corrected chi connectivity index (χ3v) is 4.41. The number of methoxy groups -OCH3 is 1. The molecule has 0 amide bonds. The lowest BCUT2D eigenvalue weighted by Crippen LogP contribution is -2.06. The van der Waals surface area contributed by atoms with Crippen molar-refractivity contribution in [2.45, 2.75) is 26.7 Å². The zero-order valence-electron chi connectivity index (χ0n) is 15.3. The van der Waals surface area contributed by atoms with E-state index in [4.69, 9.17) is 9.84 Å². The third-order valence-electron chi connectivity index (χ3n) is 4.41. The largest absolute Gasteiger partial charge is 0.497 e. The molecule has 3 aromatic rings. The van der Waals surface area contributed by atoms with Crippen LogP contribution < -0.4 is 4.74 Å². The number of hydrogen-bond donors (Lipinski definition) is 1. The van der Waals surface area contributed by atoms with Gasteiger partial charge in [0.05, 0.1) is 19.2 Å². The highest BCUT2D eigenvalue weighted by molar-refractivity contribution is 5.68. The van der Waals surface area contributed by atoms with Gasteiger partial charge in [0.25, 0.3) is 0 Å². The van der Waals surface area contributed by atoms with Crippen LogP contribution in [0.25, 0.3) is 16.9 Å². The van der Waals surface area contributed by atoms with Crippen molar-refractivity contribution >= 4 is 5.97 Å². The molecule has 4 nitrogen and oxygen atoms in total. The van der Waals surface area contributed by atoms with Gasteiger partial charge < -0.3 is 14.4 Å². The fourth-order valence-corrected chi connectivity index (χ4v) is 3.28. The van der Waals surface area contributed by atoms with Gasteiger partial charge in [-0.3, -0.25) is 4.79 Å². The molecule has 0 bridgehead atoms. The summed E-state index contributed by atoms with van der Waals surface area (Å²) < 4.78 is 7.41. The molecule has 3 rings (SSSR count). The fraction of sp³-hybridized carbons (Fsp3) is 0.227. The second kappa shape index (κ2) is 7.48. The minimum Gasteiger partial charge on any atom is -0.497 e. The Bertz CT molecular complexity index is 903. The molecule has 0 atom stereocenters. The molecule has 134 valence electrons.